The molecule has 2 aliphatic rings. The van der Waals surface area contributed by atoms with Gasteiger partial charge in [-0.1, -0.05) is 23.2 Å². The molecule has 2 aromatic heterocycles. The number of aromatic nitrogens is 4. The van der Waals surface area contributed by atoms with Gasteiger partial charge in [0.2, 0.25) is 11.9 Å². The number of nitrogen functional groups attached to an aromatic ring is 1. The van der Waals surface area contributed by atoms with Crippen molar-refractivity contribution in [3.8, 4) is 0 Å². The fraction of sp³-hybridized carbons (Fsp3) is 0.471. The molecule has 0 saturated heterocycles. The van der Waals surface area contributed by atoms with Crippen LogP contribution in [0.15, 0.2) is 12.3 Å². The second-order valence-electron chi connectivity index (χ2n) is 7.18. The second-order valence-corrected chi connectivity index (χ2v) is 7.92. The molecule has 2 aliphatic carbocycles. The molecule has 0 aromatic carbocycles. The smallest absolute Gasteiger partial charge is 0.253 e. The Morgan fingerprint density at radius 1 is 1.33 bits per heavy atom. The third kappa shape index (κ3) is 3.39. The van der Waals surface area contributed by atoms with Gasteiger partial charge in [0.05, 0.1) is 22.2 Å². The average molecular weight is 408 g/mol. The molecule has 0 aliphatic heterocycles. The van der Waals surface area contributed by atoms with Gasteiger partial charge in [-0.25, -0.2) is 4.98 Å². The number of hydrogen-bond acceptors (Lipinski definition) is 7. The van der Waals surface area contributed by atoms with Gasteiger partial charge in [-0.2, -0.15) is 15.0 Å². The lowest BCUT2D eigenvalue weighted by Crippen LogP contribution is -2.54. The van der Waals surface area contributed by atoms with E-state index in [1.165, 1.54) is 6.20 Å². The van der Waals surface area contributed by atoms with E-state index < -0.39 is 0 Å². The van der Waals surface area contributed by atoms with Crippen LogP contribution >= 0.6 is 23.2 Å². The summed E-state index contributed by atoms with van der Waals surface area (Å²) in [7, 11) is 0. The number of nitrogens with zero attached hydrogens (tertiary/aromatic N) is 4. The number of anilines is 2. The van der Waals surface area contributed by atoms with E-state index >= 15 is 0 Å². The highest BCUT2D eigenvalue weighted by atomic mass is 35.5. The first-order valence-corrected chi connectivity index (χ1v) is 9.49. The Balaban J connectivity index is 1.57. The van der Waals surface area contributed by atoms with Crippen LogP contribution < -0.4 is 16.4 Å². The lowest BCUT2D eigenvalue weighted by molar-refractivity contribution is 0.0919. The molecule has 2 aromatic rings. The van der Waals surface area contributed by atoms with Crippen LogP contribution in [0.3, 0.4) is 0 Å². The van der Waals surface area contributed by atoms with Gasteiger partial charge in [0.25, 0.3) is 5.91 Å². The van der Waals surface area contributed by atoms with E-state index in [4.69, 9.17) is 28.9 Å². The van der Waals surface area contributed by atoms with Gasteiger partial charge in [-0.3, -0.25) is 4.79 Å². The van der Waals surface area contributed by atoms with Crippen molar-refractivity contribution in [2.75, 3.05) is 11.1 Å². The van der Waals surface area contributed by atoms with Crippen molar-refractivity contribution in [1.82, 2.24) is 25.3 Å². The topological polar surface area (TPSA) is 119 Å². The average Bonchev–Trinajstić information content (AvgIpc) is 3.13. The monoisotopic (exact) mass is 407 g/mol. The summed E-state index contributed by atoms with van der Waals surface area (Å²) in [6, 6.07) is 1.48. The van der Waals surface area contributed by atoms with Gasteiger partial charge in [0.15, 0.2) is 0 Å². The number of hydrogen-bond donors (Lipinski definition) is 3. The van der Waals surface area contributed by atoms with Crippen LogP contribution in [-0.4, -0.2) is 37.4 Å². The predicted molar refractivity (Wildman–Crippen MR) is 103 cm³/mol. The summed E-state index contributed by atoms with van der Waals surface area (Å²) in [6.07, 6.45) is 5.30. The third-order valence-electron chi connectivity index (χ3n) is 5.41. The SMILES string of the molecule is Cc1nc(N)nc(NC23CCC(CC2NC(=O)c2ccnc(Cl)c2Cl)C3)n1. The molecule has 142 valence electrons. The summed E-state index contributed by atoms with van der Waals surface area (Å²) in [5, 5.41) is 6.81. The van der Waals surface area contributed by atoms with Gasteiger partial charge in [-0.05, 0) is 44.6 Å². The van der Waals surface area contributed by atoms with E-state index in [0.29, 0.717) is 23.3 Å². The van der Waals surface area contributed by atoms with E-state index in [1.807, 2.05) is 0 Å². The van der Waals surface area contributed by atoms with Gasteiger partial charge in [0, 0.05) is 6.20 Å². The Morgan fingerprint density at radius 2 is 2.15 bits per heavy atom. The Hall–Kier alpha value is -2.19. The Kier molecular flexibility index (Phi) is 4.55. The molecule has 10 heteroatoms. The van der Waals surface area contributed by atoms with Crippen LogP contribution in [0.25, 0.3) is 0 Å². The summed E-state index contributed by atoms with van der Waals surface area (Å²) in [6.45, 7) is 1.77. The first-order valence-electron chi connectivity index (χ1n) is 8.73. The van der Waals surface area contributed by atoms with Crippen molar-refractivity contribution in [1.29, 1.82) is 0 Å². The van der Waals surface area contributed by atoms with E-state index in [9.17, 15) is 4.79 Å². The molecule has 0 radical (unpaired) electrons. The number of carbonyl (C=O) groups is 1. The van der Waals surface area contributed by atoms with E-state index in [2.05, 4.69) is 30.6 Å². The first kappa shape index (κ1) is 18.2. The molecule has 2 saturated carbocycles. The number of rotatable bonds is 4. The summed E-state index contributed by atoms with van der Waals surface area (Å²) in [4.78, 5) is 29.2. The van der Waals surface area contributed by atoms with Crippen molar-refractivity contribution in [3.05, 3.63) is 33.8 Å². The van der Waals surface area contributed by atoms with Crippen LogP contribution in [0.1, 0.15) is 41.9 Å². The van der Waals surface area contributed by atoms with Crippen LogP contribution in [0, 0.1) is 12.8 Å². The molecule has 4 rings (SSSR count). The minimum absolute atomic E-state index is 0.0787. The van der Waals surface area contributed by atoms with Crippen molar-refractivity contribution in [2.45, 2.75) is 44.2 Å². The number of amides is 1. The van der Waals surface area contributed by atoms with Crippen molar-refractivity contribution >= 4 is 41.0 Å². The van der Waals surface area contributed by atoms with Gasteiger partial charge < -0.3 is 16.4 Å². The lowest BCUT2D eigenvalue weighted by Gasteiger charge is -2.36. The summed E-state index contributed by atoms with van der Waals surface area (Å²) in [5.41, 5.74) is 5.74. The molecule has 2 bridgehead atoms. The molecule has 2 heterocycles. The summed E-state index contributed by atoms with van der Waals surface area (Å²) >= 11 is 12.1. The molecule has 0 spiro atoms. The number of nitrogens with one attached hydrogen (secondary N) is 2. The zero-order valence-corrected chi connectivity index (χ0v) is 16.2. The predicted octanol–water partition coefficient (Wildman–Crippen LogP) is 2.62. The summed E-state index contributed by atoms with van der Waals surface area (Å²) in [5.74, 6) is 1.43. The van der Waals surface area contributed by atoms with Gasteiger partial charge >= 0.3 is 0 Å². The molecule has 2 fully saturated rings. The van der Waals surface area contributed by atoms with Crippen molar-refractivity contribution < 1.29 is 4.79 Å². The van der Waals surface area contributed by atoms with E-state index in [1.54, 1.807) is 13.0 Å². The zero-order valence-electron chi connectivity index (χ0n) is 14.7. The molecular weight excluding hydrogens is 389 g/mol. The number of nitrogens with two attached hydrogens (primary N) is 1. The maximum absolute atomic E-state index is 12.8. The van der Waals surface area contributed by atoms with E-state index in [0.717, 1.165) is 25.7 Å². The van der Waals surface area contributed by atoms with Crippen LogP contribution in [-0.2, 0) is 0 Å². The maximum atomic E-state index is 12.8. The fourth-order valence-corrected chi connectivity index (χ4v) is 4.62. The third-order valence-corrected chi connectivity index (χ3v) is 6.18. The molecular formula is C17H19Cl2N7O. The Labute approximate surface area is 166 Å². The number of pyridine rings is 1. The summed E-state index contributed by atoms with van der Waals surface area (Å²) < 4.78 is 0. The van der Waals surface area contributed by atoms with Crippen LogP contribution in [0.5, 0.6) is 0 Å². The normalized spacial score (nSPS) is 26.2. The molecule has 8 nitrogen and oxygen atoms in total. The second kappa shape index (κ2) is 6.76. The quantitative estimate of drug-likeness (QED) is 0.666. The van der Waals surface area contributed by atoms with Crippen molar-refractivity contribution in [2.24, 2.45) is 5.92 Å². The highest BCUT2D eigenvalue weighted by Gasteiger charge is 2.53. The zero-order chi connectivity index (χ0) is 19.2. The first-order chi connectivity index (χ1) is 12.9. The lowest BCUT2D eigenvalue weighted by atomic mass is 9.88. The Bertz CT molecular complexity index is 889. The van der Waals surface area contributed by atoms with Crippen LogP contribution in [0.4, 0.5) is 11.9 Å². The van der Waals surface area contributed by atoms with E-state index in [-0.39, 0.29) is 33.6 Å². The molecule has 3 unspecified atom stereocenters. The number of carbonyl (C=O) groups excluding carboxylic acids is 1. The standard InChI is InChI=1S/C17H19Cl2N7O/c1-8-22-15(20)25-16(23-8)26-17-4-2-9(7-17)6-11(17)24-14(27)10-3-5-21-13(19)12(10)18/h3,5,9,11H,2,4,6-7H2,1H3,(H,24,27)(H3,20,22,23,25,26). The fourth-order valence-electron chi connectivity index (χ4n) is 4.27. The van der Waals surface area contributed by atoms with Gasteiger partial charge in [0.1, 0.15) is 11.0 Å². The van der Waals surface area contributed by atoms with Crippen molar-refractivity contribution in [3.63, 3.8) is 0 Å². The largest absolute Gasteiger partial charge is 0.368 e. The minimum atomic E-state index is -0.316. The Morgan fingerprint density at radius 3 is 2.89 bits per heavy atom. The maximum Gasteiger partial charge on any atom is 0.253 e. The number of halogens is 2. The molecule has 1 amide bonds. The molecule has 4 N–H and O–H groups in total. The minimum Gasteiger partial charge on any atom is -0.368 e. The van der Waals surface area contributed by atoms with Crippen LogP contribution in [0.2, 0.25) is 10.2 Å². The van der Waals surface area contributed by atoms with Gasteiger partial charge in [-0.15, -0.1) is 0 Å². The molecule has 27 heavy (non-hydrogen) atoms. The highest BCUT2D eigenvalue weighted by molar-refractivity contribution is 6.43. The molecule has 3 atom stereocenters. The number of fused-ring (bicyclic) bond motifs is 2. The number of aryl methyl sites for hydroxylation is 1. The highest BCUT2D eigenvalue weighted by Crippen LogP contribution is 2.49.